The summed E-state index contributed by atoms with van der Waals surface area (Å²) in [6.07, 6.45) is 1.99. The Morgan fingerprint density at radius 2 is 1.87 bits per heavy atom. The highest BCUT2D eigenvalue weighted by molar-refractivity contribution is 9.10. The Morgan fingerprint density at radius 3 is 2.57 bits per heavy atom. The van der Waals surface area contributed by atoms with Gasteiger partial charge >= 0.3 is 0 Å². The molecule has 0 aliphatic heterocycles. The lowest BCUT2D eigenvalue weighted by Crippen LogP contribution is -2.16. The molecule has 3 rings (SSSR count). The van der Waals surface area contributed by atoms with E-state index in [0.717, 1.165) is 9.37 Å². The predicted octanol–water partition coefficient (Wildman–Crippen LogP) is 4.26. The van der Waals surface area contributed by atoms with Crippen LogP contribution in [0.4, 0.5) is 5.69 Å². The highest BCUT2D eigenvalue weighted by atomic mass is 79.9. The van der Waals surface area contributed by atoms with E-state index >= 15 is 0 Å². The fourth-order valence-electron chi connectivity index (χ4n) is 2.29. The fraction of sp³-hybridized carbons (Fsp3) is 0.0588. The molecule has 0 radical (unpaired) electrons. The predicted molar refractivity (Wildman–Crippen MR) is 98.4 cm³/mol. The molecule has 0 saturated carbocycles. The summed E-state index contributed by atoms with van der Waals surface area (Å²) >= 11 is 5.03. The Hall–Kier alpha value is -2.05. The van der Waals surface area contributed by atoms with Crippen molar-refractivity contribution in [2.45, 2.75) is 4.90 Å². The first-order valence-corrected chi connectivity index (χ1v) is 8.86. The molecule has 0 spiro atoms. The standard InChI is InChI=1S/C17H13BrN2O2S/c1-23-12-5-3-11(4-6-12)19-17(22)14-9-16(21)20-15-7-2-10(18)8-13(14)15/h2-9H,1H3,(H,19,22)(H,20,21). The number of carbonyl (C=O) groups is 1. The van der Waals surface area contributed by atoms with Gasteiger partial charge in [-0.3, -0.25) is 9.59 Å². The molecule has 0 aliphatic rings. The minimum Gasteiger partial charge on any atom is -0.322 e. The smallest absolute Gasteiger partial charge is 0.256 e. The molecule has 4 nitrogen and oxygen atoms in total. The van der Waals surface area contributed by atoms with Crippen LogP contribution in [-0.4, -0.2) is 17.1 Å². The molecule has 0 fully saturated rings. The number of rotatable bonds is 3. The van der Waals surface area contributed by atoms with E-state index in [1.165, 1.54) is 6.07 Å². The molecule has 1 aromatic heterocycles. The van der Waals surface area contributed by atoms with Crippen LogP contribution in [-0.2, 0) is 0 Å². The zero-order valence-electron chi connectivity index (χ0n) is 12.2. The van der Waals surface area contributed by atoms with Crippen molar-refractivity contribution in [3.05, 3.63) is 68.9 Å². The van der Waals surface area contributed by atoms with Crippen LogP contribution in [0.3, 0.4) is 0 Å². The Kier molecular flexibility index (Phi) is 4.54. The number of fused-ring (bicyclic) bond motifs is 1. The number of nitrogens with one attached hydrogen (secondary N) is 2. The summed E-state index contributed by atoms with van der Waals surface area (Å²) in [6, 6.07) is 14.3. The maximum absolute atomic E-state index is 12.6. The van der Waals surface area contributed by atoms with E-state index in [1.807, 2.05) is 42.7 Å². The molecule has 1 amide bonds. The molecule has 23 heavy (non-hydrogen) atoms. The number of aromatic nitrogens is 1. The zero-order valence-corrected chi connectivity index (χ0v) is 14.6. The summed E-state index contributed by atoms with van der Waals surface area (Å²) in [5.41, 5.74) is 1.36. The van der Waals surface area contributed by atoms with Crippen molar-refractivity contribution >= 4 is 50.2 Å². The summed E-state index contributed by atoms with van der Waals surface area (Å²) < 4.78 is 0.843. The summed E-state index contributed by atoms with van der Waals surface area (Å²) in [4.78, 5) is 28.2. The Bertz CT molecular complexity index is 935. The van der Waals surface area contributed by atoms with E-state index in [1.54, 1.807) is 17.8 Å². The molecule has 0 unspecified atom stereocenters. The quantitative estimate of drug-likeness (QED) is 0.658. The van der Waals surface area contributed by atoms with Crippen LogP contribution in [0.25, 0.3) is 10.9 Å². The lowest BCUT2D eigenvalue weighted by atomic mass is 10.1. The van der Waals surface area contributed by atoms with Crippen molar-refractivity contribution in [2.75, 3.05) is 11.6 Å². The largest absolute Gasteiger partial charge is 0.322 e. The normalized spacial score (nSPS) is 10.7. The number of benzene rings is 2. The van der Waals surface area contributed by atoms with Gasteiger partial charge < -0.3 is 10.3 Å². The van der Waals surface area contributed by atoms with Crippen LogP contribution < -0.4 is 10.9 Å². The van der Waals surface area contributed by atoms with Crippen LogP contribution >= 0.6 is 27.7 Å². The van der Waals surface area contributed by atoms with Gasteiger partial charge in [-0.25, -0.2) is 0 Å². The summed E-state index contributed by atoms with van der Waals surface area (Å²) in [5.74, 6) is -0.309. The number of anilines is 1. The summed E-state index contributed by atoms with van der Waals surface area (Å²) in [6.45, 7) is 0. The number of thioether (sulfide) groups is 1. The summed E-state index contributed by atoms with van der Waals surface area (Å²) in [7, 11) is 0. The van der Waals surface area contributed by atoms with Crippen LogP contribution in [0.5, 0.6) is 0 Å². The second kappa shape index (κ2) is 6.60. The maximum atomic E-state index is 12.6. The van der Waals surface area contributed by atoms with E-state index in [0.29, 0.717) is 22.2 Å². The first kappa shape index (κ1) is 15.8. The molecule has 2 aromatic carbocycles. The average Bonchev–Trinajstić information content (AvgIpc) is 2.55. The van der Waals surface area contributed by atoms with Gasteiger partial charge in [0.05, 0.1) is 5.56 Å². The van der Waals surface area contributed by atoms with Crippen molar-refractivity contribution < 1.29 is 4.79 Å². The number of pyridine rings is 1. The second-order valence-electron chi connectivity index (χ2n) is 4.92. The van der Waals surface area contributed by atoms with Crippen LogP contribution in [0, 0.1) is 0 Å². The molecular weight excluding hydrogens is 376 g/mol. The zero-order chi connectivity index (χ0) is 16.4. The first-order valence-electron chi connectivity index (χ1n) is 6.85. The molecule has 1 heterocycles. The Balaban J connectivity index is 1.99. The van der Waals surface area contributed by atoms with E-state index in [9.17, 15) is 9.59 Å². The lowest BCUT2D eigenvalue weighted by Gasteiger charge is -2.09. The maximum Gasteiger partial charge on any atom is 0.256 e. The second-order valence-corrected chi connectivity index (χ2v) is 6.72. The number of H-pyrrole nitrogens is 1. The van der Waals surface area contributed by atoms with Gasteiger partial charge in [0.2, 0.25) is 5.56 Å². The SMILES string of the molecule is CSc1ccc(NC(=O)c2cc(=O)[nH]c3ccc(Br)cc23)cc1. The molecule has 0 bridgehead atoms. The molecule has 0 atom stereocenters. The van der Waals surface area contributed by atoms with Gasteiger partial charge in [0.1, 0.15) is 0 Å². The van der Waals surface area contributed by atoms with Gasteiger partial charge in [-0.15, -0.1) is 11.8 Å². The third kappa shape index (κ3) is 3.48. The Labute approximate surface area is 145 Å². The van der Waals surface area contributed by atoms with E-state index in [4.69, 9.17) is 0 Å². The van der Waals surface area contributed by atoms with Gasteiger partial charge in [0.15, 0.2) is 0 Å². The number of hydrogen-bond donors (Lipinski definition) is 2. The third-order valence-electron chi connectivity index (χ3n) is 3.40. The molecule has 0 aliphatic carbocycles. The Morgan fingerprint density at radius 1 is 1.13 bits per heavy atom. The average molecular weight is 389 g/mol. The van der Waals surface area contributed by atoms with Crippen LogP contribution in [0.15, 0.2) is 62.7 Å². The van der Waals surface area contributed by atoms with E-state index < -0.39 is 0 Å². The summed E-state index contributed by atoms with van der Waals surface area (Å²) in [5, 5.41) is 3.52. The highest BCUT2D eigenvalue weighted by Gasteiger charge is 2.12. The van der Waals surface area contributed by atoms with Crippen molar-refractivity contribution in [1.29, 1.82) is 0 Å². The van der Waals surface area contributed by atoms with Crippen molar-refractivity contribution in [1.82, 2.24) is 4.98 Å². The van der Waals surface area contributed by atoms with Gasteiger partial charge in [-0.2, -0.15) is 0 Å². The number of amides is 1. The number of aromatic amines is 1. The molecular formula is C17H13BrN2O2S. The molecule has 0 saturated heterocycles. The van der Waals surface area contributed by atoms with E-state index in [2.05, 4.69) is 26.2 Å². The van der Waals surface area contributed by atoms with Crippen molar-refractivity contribution in [3.8, 4) is 0 Å². The van der Waals surface area contributed by atoms with Gasteiger partial charge in [0, 0.05) is 32.0 Å². The van der Waals surface area contributed by atoms with Crippen LogP contribution in [0.1, 0.15) is 10.4 Å². The van der Waals surface area contributed by atoms with Gasteiger partial charge in [-0.05, 0) is 48.7 Å². The minimum atomic E-state index is -0.309. The first-order chi connectivity index (χ1) is 11.1. The molecule has 2 N–H and O–H groups in total. The topological polar surface area (TPSA) is 62.0 Å². The molecule has 6 heteroatoms. The van der Waals surface area contributed by atoms with Crippen molar-refractivity contribution in [2.24, 2.45) is 0 Å². The highest BCUT2D eigenvalue weighted by Crippen LogP contribution is 2.22. The molecule has 116 valence electrons. The third-order valence-corrected chi connectivity index (χ3v) is 4.63. The van der Waals surface area contributed by atoms with Crippen molar-refractivity contribution in [3.63, 3.8) is 0 Å². The molecule has 3 aromatic rings. The number of hydrogen-bond acceptors (Lipinski definition) is 3. The lowest BCUT2D eigenvalue weighted by molar-refractivity contribution is 0.102. The van der Waals surface area contributed by atoms with Gasteiger partial charge in [0.25, 0.3) is 5.91 Å². The minimum absolute atomic E-state index is 0.303. The van der Waals surface area contributed by atoms with Gasteiger partial charge in [-0.1, -0.05) is 15.9 Å². The van der Waals surface area contributed by atoms with E-state index in [-0.39, 0.29) is 11.5 Å². The number of halogens is 1. The fourth-order valence-corrected chi connectivity index (χ4v) is 3.06. The number of carbonyl (C=O) groups excluding carboxylic acids is 1. The van der Waals surface area contributed by atoms with Crippen LogP contribution in [0.2, 0.25) is 0 Å². The monoisotopic (exact) mass is 388 g/mol.